The SMILES string of the molecule is CCOCCNc1cc(Oc2ccc(Cl)cc2Cl)ccc1[N+](=O)[O-]. The Morgan fingerprint density at radius 1 is 1.21 bits per heavy atom. The van der Waals surface area contributed by atoms with Gasteiger partial charge in [-0.2, -0.15) is 0 Å². The molecule has 0 heterocycles. The van der Waals surface area contributed by atoms with Crippen molar-refractivity contribution in [1.82, 2.24) is 0 Å². The van der Waals surface area contributed by atoms with Crippen molar-refractivity contribution in [3.05, 3.63) is 56.6 Å². The highest BCUT2D eigenvalue weighted by Crippen LogP contribution is 2.35. The lowest BCUT2D eigenvalue weighted by atomic mass is 10.2. The molecule has 0 radical (unpaired) electrons. The lowest BCUT2D eigenvalue weighted by molar-refractivity contribution is -0.384. The van der Waals surface area contributed by atoms with Gasteiger partial charge in [-0.3, -0.25) is 10.1 Å². The van der Waals surface area contributed by atoms with Gasteiger partial charge in [0.05, 0.1) is 16.6 Å². The highest BCUT2D eigenvalue weighted by molar-refractivity contribution is 6.35. The first kappa shape index (κ1) is 18.3. The molecule has 0 unspecified atom stereocenters. The number of hydrogen-bond acceptors (Lipinski definition) is 5. The fraction of sp³-hybridized carbons (Fsp3) is 0.250. The largest absolute Gasteiger partial charge is 0.456 e. The van der Waals surface area contributed by atoms with Crippen LogP contribution in [0.1, 0.15) is 6.92 Å². The predicted molar refractivity (Wildman–Crippen MR) is 94.6 cm³/mol. The van der Waals surface area contributed by atoms with Crippen LogP contribution in [0.25, 0.3) is 0 Å². The van der Waals surface area contributed by atoms with Crippen LogP contribution in [0.4, 0.5) is 11.4 Å². The number of benzene rings is 2. The van der Waals surface area contributed by atoms with Crippen LogP contribution >= 0.6 is 23.2 Å². The number of ether oxygens (including phenoxy) is 2. The lowest BCUT2D eigenvalue weighted by Gasteiger charge is -2.11. The van der Waals surface area contributed by atoms with Crippen molar-refractivity contribution in [2.24, 2.45) is 0 Å². The molecule has 0 saturated heterocycles. The highest BCUT2D eigenvalue weighted by atomic mass is 35.5. The third-order valence-corrected chi connectivity index (χ3v) is 3.58. The van der Waals surface area contributed by atoms with Crippen LogP contribution in [0.5, 0.6) is 11.5 Å². The minimum absolute atomic E-state index is 0.0407. The van der Waals surface area contributed by atoms with Gasteiger partial charge in [0, 0.05) is 30.3 Å². The zero-order chi connectivity index (χ0) is 17.5. The van der Waals surface area contributed by atoms with Crippen LogP contribution in [0.15, 0.2) is 36.4 Å². The molecule has 0 atom stereocenters. The summed E-state index contributed by atoms with van der Waals surface area (Å²) in [5.41, 5.74) is 0.309. The lowest BCUT2D eigenvalue weighted by Crippen LogP contribution is -2.10. The number of nitro benzene ring substituents is 1. The number of nitrogens with one attached hydrogen (secondary N) is 1. The quantitative estimate of drug-likeness (QED) is 0.395. The maximum absolute atomic E-state index is 11.1. The van der Waals surface area contributed by atoms with Crippen LogP contribution < -0.4 is 10.1 Å². The van der Waals surface area contributed by atoms with Crippen molar-refractivity contribution < 1.29 is 14.4 Å². The van der Waals surface area contributed by atoms with Gasteiger partial charge >= 0.3 is 0 Å². The number of nitrogens with zero attached hydrogens (tertiary/aromatic N) is 1. The van der Waals surface area contributed by atoms with Gasteiger partial charge in [0.2, 0.25) is 0 Å². The van der Waals surface area contributed by atoms with Gasteiger partial charge in [-0.1, -0.05) is 23.2 Å². The molecule has 6 nitrogen and oxygen atoms in total. The molecule has 0 amide bonds. The van der Waals surface area contributed by atoms with Crippen LogP contribution in [-0.2, 0) is 4.74 Å². The van der Waals surface area contributed by atoms with E-state index < -0.39 is 4.92 Å². The van der Waals surface area contributed by atoms with E-state index in [0.29, 0.717) is 47.0 Å². The molecule has 0 aliphatic rings. The summed E-state index contributed by atoms with van der Waals surface area (Å²) < 4.78 is 10.9. The first-order valence-electron chi connectivity index (χ1n) is 7.24. The number of halogens is 2. The molecule has 0 aliphatic heterocycles. The van der Waals surface area contributed by atoms with E-state index in [2.05, 4.69) is 5.32 Å². The van der Waals surface area contributed by atoms with E-state index in [1.165, 1.54) is 12.1 Å². The summed E-state index contributed by atoms with van der Waals surface area (Å²) >= 11 is 11.9. The van der Waals surface area contributed by atoms with Crippen molar-refractivity contribution in [3.8, 4) is 11.5 Å². The fourth-order valence-corrected chi connectivity index (χ4v) is 2.41. The number of nitro groups is 1. The van der Waals surface area contributed by atoms with E-state index in [4.69, 9.17) is 32.7 Å². The molecule has 1 N–H and O–H groups in total. The Hall–Kier alpha value is -2.02. The Labute approximate surface area is 149 Å². The van der Waals surface area contributed by atoms with E-state index in [1.807, 2.05) is 6.92 Å². The molecule has 2 aromatic rings. The van der Waals surface area contributed by atoms with Crippen molar-refractivity contribution in [2.45, 2.75) is 6.92 Å². The van der Waals surface area contributed by atoms with Crippen LogP contribution in [0, 0.1) is 10.1 Å². The monoisotopic (exact) mass is 370 g/mol. The number of hydrogen-bond donors (Lipinski definition) is 1. The summed E-state index contributed by atoms with van der Waals surface area (Å²) in [5, 5.41) is 15.0. The van der Waals surface area contributed by atoms with E-state index >= 15 is 0 Å². The maximum atomic E-state index is 11.1. The molecule has 0 fully saturated rings. The van der Waals surface area contributed by atoms with Gasteiger partial charge in [-0.05, 0) is 31.2 Å². The molecular weight excluding hydrogens is 355 g/mol. The molecule has 8 heteroatoms. The molecule has 0 saturated carbocycles. The smallest absolute Gasteiger partial charge is 0.292 e. The summed E-state index contributed by atoms with van der Waals surface area (Å²) in [5.74, 6) is 0.832. The summed E-state index contributed by atoms with van der Waals surface area (Å²) in [6, 6.07) is 9.28. The second kappa shape index (κ2) is 8.73. The van der Waals surface area contributed by atoms with Crippen LogP contribution in [-0.4, -0.2) is 24.7 Å². The average molecular weight is 371 g/mol. The van der Waals surface area contributed by atoms with Crippen LogP contribution in [0.3, 0.4) is 0 Å². The van der Waals surface area contributed by atoms with Gasteiger partial charge in [-0.25, -0.2) is 0 Å². The Bertz CT molecular complexity index is 725. The third-order valence-electron chi connectivity index (χ3n) is 3.05. The van der Waals surface area contributed by atoms with E-state index in [1.54, 1.807) is 24.3 Å². The Morgan fingerprint density at radius 3 is 2.67 bits per heavy atom. The Morgan fingerprint density at radius 2 is 2.00 bits per heavy atom. The number of anilines is 1. The normalized spacial score (nSPS) is 10.5. The molecule has 0 aromatic heterocycles. The zero-order valence-corrected chi connectivity index (χ0v) is 14.4. The predicted octanol–water partition coefficient (Wildman–Crippen LogP) is 5.14. The summed E-state index contributed by atoms with van der Waals surface area (Å²) in [6.45, 7) is 3.36. The molecule has 0 bridgehead atoms. The summed E-state index contributed by atoms with van der Waals surface area (Å²) in [6.07, 6.45) is 0. The minimum atomic E-state index is -0.456. The second-order valence-corrected chi connectivity index (χ2v) is 5.58. The molecule has 128 valence electrons. The molecule has 2 rings (SSSR count). The third kappa shape index (κ3) is 4.99. The second-order valence-electron chi connectivity index (χ2n) is 4.74. The fourth-order valence-electron chi connectivity index (χ4n) is 1.97. The highest BCUT2D eigenvalue weighted by Gasteiger charge is 2.15. The van der Waals surface area contributed by atoms with Crippen molar-refractivity contribution in [1.29, 1.82) is 0 Å². The summed E-state index contributed by atoms with van der Waals surface area (Å²) in [4.78, 5) is 10.7. The average Bonchev–Trinajstić information content (AvgIpc) is 2.54. The topological polar surface area (TPSA) is 73.6 Å². The molecular formula is C16H16Cl2N2O4. The van der Waals surface area contributed by atoms with Crippen molar-refractivity contribution in [2.75, 3.05) is 25.1 Å². The van der Waals surface area contributed by atoms with E-state index in [-0.39, 0.29) is 5.69 Å². The van der Waals surface area contributed by atoms with Gasteiger partial charge in [0.1, 0.15) is 17.2 Å². The molecule has 0 aliphatic carbocycles. The molecule has 0 spiro atoms. The van der Waals surface area contributed by atoms with E-state index in [9.17, 15) is 10.1 Å². The zero-order valence-electron chi connectivity index (χ0n) is 12.9. The summed E-state index contributed by atoms with van der Waals surface area (Å²) in [7, 11) is 0. The van der Waals surface area contributed by atoms with Gasteiger partial charge < -0.3 is 14.8 Å². The van der Waals surface area contributed by atoms with Crippen molar-refractivity contribution >= 4 is 34.6 Å². The Kier molecular flexibility index (Phi) is 6.66. The van der Waals surface area contributed by atoms with Gasteiger partial charge in [0.25, 0.3) is 5.69 Å². The molecule has 24 heavy (non-hydrogen) atoms. The number of rotatable bonds is 8. The van der Waals surface area contributed by atoms with Gasteiger partial charge in [-0.15, -0.1) is 0 Å². The Balaban J connectivity index is 2.19. The minimum Gasteiger partial charge on any atom is -0.456 e. The maximum Gasteiger partial charge on any atom is 0.292 e. The first-order chi connectivity index (χ1) is 11.5. The standard InChI is InChI=1S/C16H16Cl2N2O4/c1-2-23-8-7-19-14-10-12(4-5-15(14)20(21)22)24-16-6-3-11(17)9-13(16)18/h3-6,9-10,19H,2,7-8H2,1H3. The molecule has 2 aromatic carbocycles. The van der Waals surface area contributed by atoms with Crippen molar-refractivity contribution in [3.63, 3.8) is 0 Å². The van der Waals surface area contributed by atoms with Crippen LogP contribution in [0.2, 0.25) is 10.0 Å². The van der Waals surface area contributed by atoms with E-state index in [0.717, 1.165) is 0 Å². The first-order valence-corrected chi connectivity index (χ1v) is 7.99. The van der Waals surface area contributed by atoms with Gasteiger partial charge in [0.15, 0.2) is 0 Å².